The Balaban J connectivity index is 1.40. The average Bonchev–Trinajstić information content (AvgIpc) is 3.10. The summed E-state index contributed by atoms with van der Waals surface area (Å²) in [7, 11) is 3.26. The first kappa shape index (κ1) is 19.7. The molecule has 0 radical (unpaired) electrons. The summed E-state index contributed by atoms with van der Waals surface area (Å²) in [6.45, 7) is 4.36. The van der Waals surface area contributed by atoms with Crippen LogP contribution in [0.15, 0.2) is 34.4 Å². The number of fused-ring (bicyclic) bond motifs is 1. The Morgan fingerprint density at radius 1 is 1.17 bits per heavy atom. The van der Waals surface area contributed by atoms with Gasteiger partial charge in [0.05, 0.1) is 19.9 Å². The third-order valence-electron chi connectivity index (χ3n) is 5.22. The van der Waals surface area contributed by atoms with Crippen molar-refractivity contribution in [2.45, 2.75) is 32.4 Å². The second-order valence-electron chi connectivity index (χ2n) is 7.17. The molecular weight excluding hydrogens is 390 g/mol. The maximum Gasteiger partial charge on any atom is 0.259 e. The molecule has 29 heavy (non-hydrogen) atoms. The Hall–Kier alpha value is -2.58. The molecule has 4 rings (SSSR count). The first-order valence-electron chi connectivity index (χ1n) is 9.66. The number of benzene rings is 1. The van der Waals surface area contributed by atoms with Gasteiger partial charge in [-0.2, -0.15) is 0 Å². The minimum atomic E-state index is -0.00904. The topological polar surface area (TPSA) is 65.3 Å². The molecule has 0 saturated carbocycles. The van der Waals surface area contributed by atoms with Crippen LogP contribution in [0.4, 0.5) is 0 Å². The fourth-order valence-electron chi connectivity index (χ4n) is 3.70. The van der Waals surface area contributed by atoms with E-state index in [9.17, 15) is 4.79 Å². The van der Waals surface area contributed by atoms with E-state index in [0.717, 1.165) is 42.3 Å². The smallest absolute Gasteiger partial charge is 0.259 e. The Morgan fingerprint density at radius 2 is 1.86 bits per heavy atom. The molecule has 0 unspecified atom stereocenters. The minimum Gasteiger partial charge on any atom is -0.493 e. The van der Waals surface area contributed by atoms with Crippen molar-refractivity contribution in [3.8, 4) is 17.2 Å². The van der Waals surface area contributed by atoms with Gasteiger partial charge in [-0.05, 0) is 31.9 Å². The van der Waals surface area contributed by atoms with E-state index in [2.05, 4.69) is 9.88 Å². The molecule has 0 aliphatic carbocycles. The van der Waals surface area contributed by atoms with E-state index in [1.807, 2.05) is 30.5 Å². The zero-order chi connectivity index (χ0) is 20.4. The standard InChI is InChI=1S/C21H25N3O4S/c1-14-13-29-21-22-15(11-19(25)24(14)21)12-23-9-7-16(8-10-23)28-20-17(26-2)5-4-6-18(20)27-3/h4-6,11,13,16H,7-10,12H2,1-3H3. The van der Waals surface area contributed by atoms with Gasteiger partial charge in [0.25, 0.3) is 5.56 Å². The van der Waals surface area contributed by atoms with E-state index < -0.39 is 0 Å². The number of ether oxygens (including phenoxy) is 3. The zero-order valence-corrected chi connectivity index (χ0v) is 17.7. The molecule has 1 aliphatic rings. The highest BCUT2D eigenvalue weighted by Gasteiger charge is 2.24. The molecule has 8 heteroatoms. The Bertz CT molecular complexity index is 1030. The van der Waals surface area contributed by atoms with Crippen LogP contribution in [0.5, 0.6) is 17.2 Å². The predicted molar refractivity (Wildman–Crippen MR) is 113 cm³/mol. The Labute approximate surface area is 173 Å². The number of hydrogen-bond acceptors (Lipinski definition) is 7. The van der Waals surface area contributed by atoms with Crippen LogP contribution < -0.4 is 19.8 Å². The molecule has 1 aliphatic heterocycles. The molecule has 0 atom stereocenters. The summed E-state index contributed by atoms with van der Waals surface area (Å²) < 4.78 is 18.7. The number of para-hydroxylation sites is 1. The first-order chi connectivity index (χ1) is 14.1. The lowest BCUT2D eigenvalue weighted by atomic mass is 10.1. The summed E-state index contributed by atoms with van der Waals surface area (Å²) in [5.41, 5.74) is 1.74. The number of aryl methyl sites for hydroxylation is 1. The van der Waals surface area contributed by atoms with Gasteiger partial charge in [0.15, 0.2) is 16.5 Å². The largest absolute Gasteiger partial charge is 0.493 e. The lowest BCUT2D eigenvalue weighted by Crippen LogP contribution is -2.38. The lowest BCUT2D eigenvalue weighted by molar-refractivity contribution is 0.0911. The van der Waals surface area contributed by atoms with Crippen molar-refractivity contribution in [3.05, 3.63) is 51.4 Å². The van der Waals surface area contributed by atoms with Crippen LogP contribution in [-0.4, -0.2) is 47.7 Å². The highest BCUT2D eigenvalue weighted by molar-refractivity contribution is 7.15. The highest BCUT2D eigenvalue weighted by atomic mass is 32.1. The molecule has 0 N–H and O–H groups in total. The van der Waals surface area contributed by atoms with Crippen LogP contribution in [0.2, 0.25) is 0 Å². The van der Waals surface area contributed by atoms with Crippen LogP contribution in [0, 0.1) is 6.92 Å². The van der Waals surface area contributed by atoms with Crippen LogP contribution in [0.1, 0.15) is 24.2 Å². The SMILES string of the molecule is COc1cccc(OC)c1OC1CCN(Cc2cc(=O)n3c(C)csc3n2)CC1. The first-order valence-corrected chi connectivity index (χ1v) is 10.5. The number of hydrogen-bond donors (Lipinski definition) is 0. The molecular formula is C21H25N3O4S. The number of rotatable bonds is 6. The molecule has 7 nitrogen and oxygen atoms in total. The van der Waals surface area contributed by atoms with E-state index in [0.29, 0.717) is 23.8 Å². The zero-order valence-electron chi connectivity index (χ0n) is 16.9. The fourth-order valence-corrected chi connectivity index (χ4v) is 4.59. The van der Waals surface area contributed by atoms with Crippen LogP contribution >= 0.6 is 11.3 Å². The molecule has 1 fully saturated rings. The third kappa shape index (κ3) is 4.09. The van der Waals surface area contributed by atoms with Crippen molar-refractivity contribution < 1.29 is 14.2 Å². The number of nitrogens with zero attached hydrogens (tertiary/aromatic N) is 3. The molecule has 3 heterocycles. The molecule has 1 saturated heterocycles. The molecule has 0 amide bonds. The van der Waals surface area contributed by atoms with Crippen molar-refractivity contribution in [1.29, 1.82) is 0 Å². The normalized spacial score (nSPS) is 15.6. The van der Waals surface area contributed by atoms with Crippen molar-refractivity contribution in [2.24, 2.45) is 0 Å². The van der Waals surface area contributed by atoms with Crippen molar-refractivity contribution in [2.75, 3.05) is 27.3 Å². The minimum absolute atomic E-state index is 0.00904. The lowest BCUT2D eigenvalue weighted by Gasteiger charge is -2.32. The van der Waals surface area contributed by atoms with E-state index in [1.54, 1.807) is 24.7 Å². The van der Waals surface area contributed by atoms with Gasteiger partial charge in [0.1, 0.15) is 6.10 Å². The van der Waals surface area contributed by atoms with E-state index in [1.165, 1.54) is 11.3 Å². The molecule has 3 aromatic rings. The number of thiazole rings is 1. The summed E-state index contributed by atoms with van der Waals surface area (Å²) in [5, 5.41) is 1.96. The summed E-state index contributed by atoms with van der Waals surface area (Å²) >= 11 is 1.50. The molecule has 154 valence electrons. The molecule has 2 aromatic heterocycles. The van der Waals surface area contributed by atoms with E-state index in [-0.39, 0.29) is 11.7 Å². The second-order valence-corrected chi connectivity index (χ2v) is 8.00. The van der Waals surface area contributed by atoms with Crippen LogP contribution in [0.3, 0.4) is 0 Å². The fraction of sp³-hybridized carbons (Fsp3) is 0.429. The van der Waals surface area contributed by atoms with Crippen LogP contribution in [0.25, 0.3) is 4.96 Å². The Kier molecular flexibility index (Phi) is 5.73. The quantitative estimate of drug-likeness (QED) is 0.616. The van der Waals surface area contributed by atoms with Crippen LogP contribution in [-0.2, 0) is 6.54 Å². The number of aromatic nitrogens is 2. The number of likely N-dealkylation sites (tertiary alicyclic amines) is 1. The summed E-state index contributed by atoms with van der Waals surface area (Å²) in [4.78, 5) is 20.1. The van der Waals surface area contributed by atoms with Gasteiger partial charge in [-0.15, -0.1) is 11.3 Å². The van der Waals surface area contributed by atoms with Gasteiger partial charge in [-0.3, -0.25) is 14.1 Å². The average molecular weight is 416 g/mol. The van der Waals surface area contributed by atoms with Crippen molar-refractivity contribution in [1.82, 2.24) is 14.3 Å². The highest BCUT2D eigenvalue weighted by Crippen LogP contribution is 2.38. The maximum atomic E-state index is 12.4. The molecule has 0 bridgehead atoms. The summed E-state index contributed by atoms with van der Waals surface area (Å²) in [5.74, 6) is 2.01. The molecule has 1 aromatic carbocycles. The monoisotopic (exact) mass is 415 g/mol. The maximum absolute atomic E-state index is 12.4. The van der Waals surface area contributed by atoms with Gasteiger partial charge >= 0.3 is 0 Å². The predicted octanol–water partition coefficient (Wildman–Crippen LogP) is 3.13. The number of piperidine rings is 1. The number of methoxy groups -OCH3 is 2. The van der Waals surface area contributed by atoms with Gasteiger partial charge in [-0.25, -0.2) is 4.98 Å². The summed E-state index contributed by atoms with van der Waals surface area (Å²) in [6.07, 6.45) is 1.87. The second kappa shape index (κ2) is 8.42. The van der Waals surface area contributed by atoms with E-state index in [4.69, 9.17) is 14.2 Å². The van der Waals surface area contributed by atoms with Gasteiger partial charge in [-0.1, -0.05) is 6.07 Å². The molecule has 0 spiro atoms. The van der Waals surface area contributed by atoms with Gasteiger partial charge < -0.3 is 14.2 Å². The van der Waals surface area contributed by atoms with Crippen molar-refractivity contribution in [3.63, 3.8) is 0 Å². The van der Waals surface area contributed by atoms with Gasteiger partial charge in [0, 0.05) is 36.8 Å². The van der Waals surface area contributed by atoms with Crippen molar-refractivity contribution >= 4 is 16.3 Å². The Morgan fingerprint density at radius 3 is 2.52 bits per heavy atom. The van der Waals surface area contributed by atoms with E-state index >= 15 is 0 Å². The van der Waals surface area contributed by atoms with Gasteiger partial charge in [0.2, 0.25) is 5.75 Å². The summed E-state index contributed by atoms with van der Waals surface area (Å²) in [6, 6.07) is 7.28. The third-order valence-corrected chi connectivity index (χ3v) is 6.16.